The average molecular weight is 459 g/mol. The first-order valence-corrected chi connectivity index (χ1v) is 11.5. The van der Waals surface area contributed by atoms with Gasteiger partial charge in [0.05, 0.1) is 13.2 Å². The first kappa shape index (κ1) is 24.6. The van der Waals surface area contributed by atoms with Crippen LogP contribution in [0.1, 0.15) is 70.8 Å². The molecule has 3 rings (SSSR count). The van der Waals surface area contributed by atoms with E-state index >= 15 is 0 Å². The standard InChI is InChI=1S/C25H31F5O2/c1-3-5-13-31-19-12-11-18-14-20(23(26)24(27)21(18)22(19)25(28,29)30)32-15-17-9-7-16(6-4-2)8-10-17/h11-12,14,16-17H,3-10,13,15H2,1-2H3. The third-order valence-electron chi connectivity index (χ3n) is 6.29. The van der Waals surface area contributed by atoms with Crippen molar-refractivity contribution in [3.63, 3.8) is 0 Å². The number of hydrogen-bond acceptors (Lipinski definition) is 2. The van der Waals surface area contributed by atoms with Crippen molar-refractivity contribution in [1.82, 2.24) is 0 Å². The molecule has 0 amide bonds. The highest BCUT2D eigenvalue weighted by Crippen LogP contribution is 2.44. The van der Waals surface area contributed by atoms with Gasteiger partial charge in [-0.1, -0.05) is 52.0 Å². The fraction of sp³-hybridized carbons (Fsp3) is 0.600. The second-order valence-electron chi connectivity index (χ2n) is 8.73. The van der Waals surface area contributed by atoms with Crippen LogP contribution in [-0.2, 0) is 6.18 Å². The number of alkyl halides is 3. The summed E-state index contributed by atoms with van der Waals surface area (Å²) in [6.45, 7) is 4.33. The largest absolute Gasteiger partial charge is 0.493 e. The van der Waals surface area contributed by atoms with E-state index in [0.717, 1.165) is 50.7 Å². The zero-order chi connectivity index (χ0) is 23.3. The van der Waals surface area contributed by atoms with E-state index in [-0.39, 0.29) is 30.3 Å². The number of halogens is 5. The van der Waals surface area contributed by atoms with Gasteiger partial charge in [-0.3, -0.25) is 0 Å². The quantitative estimate of drug-likeness (QED) is 0.278. The van der Waals surface area contributed by atoms with Crippen LogP contribution in [0.25, 0.3) is 10.8 Å². The van der Waals surface area contributed by atoms with Crippen LogP contribution < -0.4 is 9.47 Å². The van der Waals surface area contributed by atoms with Crippen molar-refractivity contribution in [2.24, 2.45) is 11.8 Å². The van der Waals surface area contributed by atoms with E-state index in [2.05, 4.69) is 6.92 Å². The molecular weight excluding hydrogens is 427 g/mol. The second-order valence-corrected chi connectivity index (χ2v) is 8.73. The Morgan fingerprint density at radius 1 is 0.875 bits per heavy atom. The average Bonchev–Trinajstić information content (AvgIpc) is 2.76. The monoisotopic (exact) mass is 458 g/mol. The minimum Gasteiger partial charge on any atom is -0.493 e. The molecule has 0 aromatic heterocycles. The van der Waals surface area contributed by atoms with Gasteiger partial charge in [-0.05, 0) is 48.6 Å². The van der Waals surface area contributed by atoms with Crippen molar-refractivity contribution in [3.8, 4) is 11.5 Å². The van der Waals surface area contributed by atoms with Crippen LogP contribution in [0.2, 0.25) is 0 Å². The first-order valence-electron chi connectivity index (χ1n) is 11.5. The van der Waals surface area contributed by atoms with Gasteiger partial charge in [0.15, 0.2) is 11.6 Å². The summed E-state index contributed by atoms with van der Waals surface area (Å²) in [6, 6.07) is 3.63. The van der Waals surface area contributed by atoms with Crippen molar-refractivity contribution in [3.05, 3.63) is 35.4 Å². The molecule has 1 aliphatic rings. The van der Waals surface area contributed by atoms with Crippen LogP contribution in [0.15, 0.2) is 18.2 Å². The number of rotatable bonds is 9. The normalized spacial score (nSPS) is 19.3. The number of fused-ring (bicyclic) bond motifs is 1. The highest BCUT2D eigenvalue weighted by molar-refractivity contribution is 5.90. The Bertz CT molecular complexity index is 902. The van der Waals surface area contributed by atoms with Crippen LogP contribution >= 0.6 is 0 Å². The fourth-order valence-corrected chi connectivity index (χ4v) is 4.51. The molecule has 32 heavy (non-hydrogen) atoms. The summed E-state index contributed by atoms with van der Waals surface area (Å²) >= 11 is 0. The van der Waals surface area contributed by atoms with Gasteiger partial charge in [-0.25, -0.2) is 4.39 Å². The Labute approximate surface area is 186 Å². The molecule has 0 radical (unpaired) electrons. The number of unbranched alkanes of at least 4 members (excludes halogenated alkanes) is 1. The predicted molar refractivity (Wildman–Crippen MR) is 115 cm³/mol. The van der Waals surface area contributed by atoms with Gasteiger partial charge in [-0.2, -0.15) is 17.6 Å². The van der Waals surface area contributed by atoms with E-state index in [1.807, 2.05) is 6.92 Å². The molecule has 1 aliphatic carbocycles. The molecule has 0 N–H and O–H groups in total. The van der Waals surface area contributed by atoms with Gasteiger partial charge >= 0.3 is 6.18 Å². The summed E-state index contributed by atoms with van der Waals surface area (Å²) < 4.78 is 81.8. The maximum absolute atomic E-state index is 14.9. The minimum atomic E-state index is -4.90. The lowest BCUT2D eigenvalue weighted by molar-refractivity contribution is -0.137. The summed E-state index contributed by atoms with van der Waals surface area (Å²) in [5.74, 6) is -2.85. The highest BCUT2D eigenvalue weighted by atomic mass is 19.4. The third-order valence-corrected chi connectivity index (χ3v) is 6.29. The van der Waals surface area contributed by atoms with E-state index in [9.17, 15) is 22.0 Å². The van der Waals surface area contributed by atoms with Crippen LogP contribution in [0, 0.1) is 23.5 Å². The van der Waals surface area contributed by atoms with Crippen LogP contribution in [0.5, 0.6) is 11.5 Å². The lowest BCUT2D eigenvalue weighted by atomic mass is 9.80. The van der Waals surface area contributed by atoms with Gasteiger partial charge in [-0.15, -0.1) is 0 Å². The number of ether oxygens (including phenoxy) is 2. The van der Waals surface area contributed by atoms with Crippen molar-refractivity contribution in [1.29, 1.82) is 0 Å². The molecule has 2 aromatic carbocycles. The second kappa shape index (κ2) is 10.7. The number of benzene rings is 2. The highest BCUT2D eigenvalue weighted by Gasteiger charge is 2.38. The topological polar surface area (TPSA) is 18.5 Å². The molecule has 0 saturated heterocycles. The Morgan fingerprint density at radius 2 is 1.56 bits per heavy atom. The van der Waals surface area contributed by atoms with E-state index in [1.54, 1.807) is 0 Å². The minimum absolute atomic E-state index is 0.0664. The molecule has 0 bridgehead atoms. The fourth-order valence-electron chi connectivity index (χ4n) is 4.51. The van der Waals surface area contributed by atoms with E-state index in [4.69, 9.17) is 9.47 Å². The van der Waals surface area contributed by atoms with Gasteiger partial charge in [0.1, 0.15) is 11.3 Å². The molecule has 0 heterocycles. The van der Waals surface area contributed by atoms with Gasteiger partial charge in [0.25, 0.3) is 0 Å². The summed E-state index contributed by atoms with van der Waals surface area (Å²) in [5.41, 5.74) is -1.29. The maximum atomic E-state index is 14.9. The Morgan fingerprint density at radius 3 is 2.19 bits per heavy atom. The van der Waals surface area contributed by atoms with Crippen LogP contribution in [0.3, 0.4) is 0 Å². The summed E-state index contributed by atoms with van der Waals surface area (Å²) in [4.78, 5) is 0. The lowest BCUT2D eigenvalue weighted by Gasteiger charge is -2.28. The number of hydrogen-bond donors (Lipinski definition) is 0. The van der Waals surface area contributed by atoms with Crippen LogP contribution in [-0.4, -0.2) is 13.2 Å². The first-order chi connectivity index (χ1) is 15.3. The van der Waals surface area contributed by atoms with Gasteiger partial charge in [0, 0.05) is 5.39 Å². The summed E-state index contributed by atoms with van der Waals surface area (Å²) in [5, 5.41) is -0.892. The third kappa shape index (κ3) is 5.65. The molecule has 1 saturated carbocycles. The molecule has 0 atom stereocenters. The Balaban J connectivity index is 1.85. The molecule has 0 unspecified atom stereocenters. The summed E-state index contributed by atoms with van der Waals surface area (Å²) in [6.07, 6.45) is 2.84. The molecular formula is C25H31F5O2. The zero-order valence-corrected chi connectivity index (χ0v) is 18.7. The van der Waals surface area contributed by atoms with E-state index in [0.29, 0.717) is 12.3 Å². The molecule has 0 spiro atoms. The molecule has 7 heteroatoms. The molecule has 2 aromatic rings. The van der Waals surface area contributed by atoms with Crippen LogP contribution in [0.4, 0.5) is 22.0 Å². The zero-order valence-electron chi connectivity index (χ0n) is 18.7. The SMILES string of the molecule is CCCCOc1ccc2cc(OCC3CCC(CCC)CC3)c(F)c(F)c2c1C(F)(F)F. The van der Waals surface area contributed by atoms with Crippen molar-refractivity contribution < 1.29 is 31.4 Å². The van der Waals surface area contributed by atoms with E-state index < -0.39 is 34.5 Å². The molecule has 2 nitrogen and oxygen atoms in total. The Hall–Kier alpha value is -2.05. The molecule has 178 valence electrons. The van der Waals surface area contributed by atoms with Gasteiger partial charge in [0.2, 0.25) is 5.82 Å². The lowest BCUT2D eigenvalue weighted by Crippen LogP contribution is -2.20. The maximum Gasteiger partial charge on any atom is 0.420 e. The molecule has 1 fully saturated rings. The van der Waals surface area contributed by atoms with Crippen molar-refractivity contribution in [2.45, 2.75) is 71.4 Å². The predicted octanol–water partition coefficient (Wildman–Crippen LogP) is 8.30. The Kier molecular flexibility index (Phi) is 8.23. The summed E-state index contributed by atoms with van der Waals surface area (Å²) in [7, 11) is 0. The van der Waals surface area contributed by atoms with E-state index in [1.165, 1.54) is 12.5 Å². The smallest absolute Gasteiger partial charge is 0.420 e. The van der Waals surface area contributed by atoms with Gasteiger partial charge < -0.3 is 9.47 Å². The molecule has 0 aliphatic heterocycles. The van der Waals surface area contributed by atoms with Crippen molar-refractivity contribution in [2.75, 3.05) is 13.2 Å². The van der Waals surface area contributed by atoms with Crippen molar-refractivity contribution >= 4 is 10.8 Å².